The maximum atomic E-state index is 11.1. The Morgan fingerprint density at radius 3 is 2.80 bits per heavy atom. The number of carboxylic acids is 1. The first-order valence-electron chi connectivity index (χ1n) is 7.53. The van der Waals surface area contributed by atoms with Gasteiger partial charge in [-0.05, 0) is 44.4 Å². The molecule has 0 amide bonds. The number of hydrogen-bond donors (Lipinski definition) is 1. The molecule has 3 rings (SSSR count). The number of aryl methyl sites for hydroxylation is 1. The van der Waals surface area contributed by atoms with Crippen LogP contribution in [-0.4, -0.2) is 34.1 Å². The summed E-state index contributed by atoms with van der Waals surface area (Å²) < 4.78 is 0. The summed E-state index contributed by atoms with van der Waals surface area (Å²) in [6, 6.07) is 0. The molecule has 1 aromatic rings. The molecule has 0 saturated heterocycles. The summed E-state index contributed by atoms with van der Waals surface area (Å²) in [6.07, 6.45) is 9.54. The van der Waals surface area contributed by atoms with E-state index in [0.29, 0.717) is 5.92 Å². The number of aromatic nitrogens is 2. The molecule has 0 atom stereocenters. The zero-order valence-corrected chi connectivity index (χ0v) is 11.7. The Labute approximate surface area is 119 Å². The predicted molar refractivity (Wildman–Crippen MR) is 75.9 cm³/mol. The molecule has 0 bridgehead atoms. The van der Waals surface area contributed by atoms with Crippen LogP contribution in [0.4, 0.5) is 5.82 Å². The Hall–Kier alpha value is -1.65. The van der Waals surface area contributed by atoms with Gasteiger partial charge < -0.3 is 10.0 Å². The van der Waals surface area contributed by atoms with E-state index in [-0.39, 0.29) is 6.54 Å². The molecule has 1 heterocycles. The fourth-order valence-electron chi connectivity index (χ4n) is 2.95. The quantitative estimate of drug-likeness (QED) is 0.833. The van der Waals surface area contributed by atoms with Crippen molar-refractivity contribution in [1.29, 1.82) is 0 Å². The fraction of sp³-hybridized carbons (Fsp3) is 0.667. The Kier molecular flexibility index (Phi) is 3.85. The third kappa shape index (κ3) is 3.08. The maximum Gasteiger partial charge on any atom is 0.323 e. The Bertz CT molecular complexity index is 500. The van der Waals surface area contributed by atoms with E-state index in [1.54, 1.807) is 6.33 Å². The molecule has 0 aromatic carbocycles. The lowest BCUT2D eigenvalue weighted by molar-refractivity contribution is -0.135. The van der Waals surface area contributed by atoms with Crippen molar-refractivity contribution in [2.75, 3.05) is 18.0 Å². The van der Waals surface area contributed by atoms with Crippen molar-refractivity contribution in [2.24, 2.45) is 5.92 Å². The van der Waals surface area contributed by atoms with Gasteiger partial charge in [0.05, 0.1) is 0 Å². The van der Waals surface area contributed by atoms with Crippen LogP contribution in [0.2, 0.25) is 0 Å². The van der Waals surface area contributed by atoms with E-state index in [4.69, 9.17) is 5.11 Å². The third-order valence-electron chi connectivity index (χ3n) is 4.15. The SMILES string of the molecule is O=C(O)CN(CC1CC1)c1ncnc2c1CCCCC2. The van der Waals surface area contributed by atoms with Crippen LogP contribution in [0.1, 0.15) is 43.4 Å². The number of fused-ring (bicyclic) bond motifs is 1. The van der Waals surface area contributed by atoms with Crippen molar-refractivity contribution in [3.63, 3.8) is 0 Å². The molecule has 2 aliphatic rings. The standard InChI is InChI=1S/C15H21N3O2/c19-14(20)9-18(8-11-6-7-11)15-12-4-2-1-3-5-13(12)16-10-17-15/h10-11H,1-9H2,(H,19,20). The Morgan fingerprint density at radius 1 is 1.25 bits per heavy atom. The van der Waals surface area contributed by atoms with Gasteiger partial charge in [0.1, 0.15) is 18.7 Å². The van der Waals surface area contributed by atoms with Crippen molar-refractivity contribution in [3.05, 3.63) is 17.6 Å². The summed E-state index contributed by atoms with van der Waals surface area (Å²) in [5.74, 6) is 0.726. The zero-order valence-electron chi connectivity index (χ0n) is 11.7. The average molecular weight is 275 g/mol. The molecule has 20 heavy (non-hydrogen) atoms. The molecular weight excluding hydrogens is 254 g/mol. The van der Waals surface area contributed by atoms with Gasteiger partial charge in [-0.1, -0.05) is 6.42 Å². The van der Waals surface area contributed by atoms with E-state index in [9.17, 15) is 4.79 Å². The van der Waals surface area contributed by atoms with Gasteiger partial charge in [-0.25, -0.2) is 9.97 Å². The first-order chi connectivity index (χ1) is 9.74. The van der Waals surface area contributed by atoms with Crippen LogP contribution < -0.4 is 4.90 Å². The largest absolute Gasteiger partial charge is 0.480 e. The monoisotopic (exact) mass is 275 g/mol. The van der Waals surface area contributed by atoms with Crippen molar-refractivity contribution in [1.82, 2.24) is 9.97 Å². The number of carbonyl (C=O) groups is 1. The molecule has 1 fully saturated rings. The van der Waals surface area contributed by atoms with E-state index in [0.717, 1.165) is 37.3 Å². The number of aliphatic carboxylic acids is 1. The van der Waals surface area contributed by atoms with E-state index < -0.39 is 5.97 Å². The van der Waals surface area contributed by atoms with Crippen LogP contribution in [0, 0.1) is 5.92 Å². The number of nitrogens with zero attached hydrogens (tertiary/aromatic N) is 3. The summed E-state index contributed by atoms with van der Waals surface area (Å²) >= 11 is 0. The Morgan fingerprint density at radius 2 is 2.05 bits per heavy atom. The fourth-order valence-corrected chi connectivity index (χ4v) is 2.95. The Balaban J connectivity index is 1.90. The normalized spacial score (nSPS) is 18.2. The van der Waals surface area contributed by atoms with Gasteiger partial charge in [0.2, 0.25) is 0 Å². The second kappa shape index (κ2) is 5.77. The minimum absolute atomic E-state index is 0.0416. The van der Waals surface area contributed by atoms with Crippen LogP contribution in [0.5, 0.6) is 0 Å². The summed E-state index contributed by atoms with van der Waals surface area (Å²) in [6.45, 7) is 0.857. The molecule has 5 nitrogen and oxygen atoms in total. The van der Waals surface area contributed by atoms with Gasteiger partial charge >= 0.3 is 5.97 Å². The first kappa shape index (κ1) is 13.3. The second-order valence-corrected chi connectivity index (χ2v) is 5.90. The molecule has 1 saturated carbocycles. The van der Waals surface area contributed by atoms with E-state index in [1.807, 2.05) is 4.90 Å². The van der Waals surface area contributed by atoms with Crippen LogP contribution in [0.3, 0.4) is 0 Å². The van der Waals surface area contributed by atoms with Crippen molar-refractivity contribution >= 4 is 11.8 Å². The van der Waals surface area contributed by atoms with Crippen molar-refractivity contribution < 1.29 is 9.90 Å². The molecule has 1 N–H and O–H groups in total. The lowest BCUT2D eigenvalue weighted by atomic mass is 10.1. The van der Waals surface area contributed by atoms with Crippen LogP contribution >= 0.6 is 0 Å². The summed E-state index contributed by atoms with van der Waals surface area (Å²) in [5.41, 5.74) is 2.31. The predicted octanol–water partition coefficient (Wildman–Crippen LogP) is 2.05. The van der Waals surface area contributed by atoms with Crippen LogP contribution in [0.15, 0.2) is 6.33 Å². The molecule has 0 aliphatic heterocycles. The number of anilines is 1. The lowest BCUT2D eigenvalue weighted by Gasteiger charge is -2.24. The molecule has 0 unspecified atom stereocenters. The first-order valence-corrected chi connectivity index (χ1v) is 7.53. The smallest absolute Gasteiger partial charge is 0.323 e. The highest BCUT2D eigenvalue weighted by atomic mass is 16.4. The summed E-state index contributed by atoms with van der Waals surface area (Å²) in [7, 11) is 0. The van der Waals surface area contributed by atoms with Gasteiger partial charge in [-0.15, -0.1) is 0 Å². The second-order valence-electron chi connectivity index (χ2n) is 5.90. The average Bonchev–Trinajstić information content (AvgIpc) is 3.22. The molecular formula is C15H21N3O2. The van der Waals surface area contributed by atoms with Gasteiger partial charge in [-0.3, -0.25) is 4.79 Å². The number of hydrogen-bond acceptors (Lipinski definition) is 4. The minimum Gasteiger partial charge on any atom is -0.480 e. The molecule has 0 spiro atoms. The van der Waals surface area contributed by atoms with E-state index >= 15 is 0 Å². The molecule has 5 heteroatoms. The van der Waals surface area contributed by atoms with Gasteiger partial charge in [0.25, 0.3) is 0 Å². The summed E-state index contributed by atoms with van der Waals surface area (Å²) in [4.78, 5) is 21.9. The van der Waals surface area contributed by atoms with Gasteiger partial charge in [-0.2, -0.15) is 0 Å². The third-order valence-corrected chi connectivity index (χ3v) is 4.15. The van der Waals surface area contributed by atoms with Crippen LogP contribution in [0.25, 0.3) is 0 Å². The minimum atomic E-state index is -0.786. The molecule has 2 aliphatic carbocycles. The summed E-state index contributed by atoms with van der Waals surface area (Å²) in [5, 5.41) is 9.15. The molecule has 1 aromatic heterocycles. The zero-order chi connectivity index (χ0) is 13.9. The van der Waals surface area contributed by atoms with E-state index in [1.165, 1.54) is 31.2 Å². The van der Waals surface area contributed by atoms with Gasteiger partial charge in [0.15, 0.2) is 0 Å². The maximum absolute atomic E-state index is 11.1. The molecule has 0 radical (unpaired) electrons. The van der Waals surface area contributed by atoms with Crippen molar-refractivity contribution in [3.8, 4) is 0 Å². The van der Waals surface area contributed by atoms with E-state index in [2.05, 4.69) is 9.97 Å². The highest BCUT2D eigenvalue weighted by Crippen LogP contribution is 2.33. The highest BCUT2D eigenvalue weighted by molar-refractivity contribution is 5.73. The van der Waals surface area contributed by atoms with Crippen LogP contribution in [-0.2, 0) is 17.6 Å². The van der Waals surface area contributed by atoms with Gasteiger partial charge in [0, 0.05) is 17.8 Å². The highest BCUT2D eigenvalue weighted by Gasteiger charge is 2.28. The lowest BCUT2D eigenvalue weighted by Crippen LogP contribution is -2.33. The topological polar surface area (TPSA) is 66.3 Å². The number of carboxylic acid groups (broad SMARTS) is 1. The van der Waals surface area contributed by atoms with Crippen molar-refractivity contribution in [2.45, 2.75) is 44.9 Å². The molecule has 108 valence electrons. The number of rotatable bonds is 5.